The maximum Gasteiger partial charge on any atom is 0.0406 e. The lowest BCUT2D eigenvalue weighted by atomic mass is 9.83. The van der Waals surface area contributed by atoms with E-state index in [-0.39, 0.29) is 0 Å². The molecular weight excluding hydrogens is 242 g/mol. The molecule has 1 nitrogen and oxygen atoms in total. The number of benzene rings is 1. The molecule has 0 aliphatic heterocycles. The summed E-state index contributed by atoms with van der Waals surface area (Å²) in [6, 6.07) is 8.17. The summed E-state index contributed by atoms with van der Waals surface area (Å²) in [4.78, 5) is 2.22. The number of halogens is 1. The van der Waals surface area contributed by atoms with Crippen molar-refractivity contribution in [2.45, 2.75) is 26.2 Å². The Morgan fingerprint density at radius 2 is 1.78 bits per heavy atom. The third kappa shape index (κ3) is 4.47. The second-order valence-corrected chi connectivity index (χ2v) is 5.86. The van der Waals surface area contributed by atoms with Crippen LogP contribution in [0.1, 0.15) is 31.7 Å². The molecule has 0 aliphatic carbocycles. The van der Waals surface area contributed by atoms with Crippen LogP contribution in [0, 0.1) is 5.92 Å². The summed E-state index contributed by atoms with van der Waals surface area (Å²) in [6.45, 7) is 9.77. The summed E-state index contributed by atoms with van der Waals surface area (Å²) in [5, 5.41) is 0.792. The Kier molecular flexibility index (Phi) is 5.90. The molecule has 18 heavy (non-hydrogen) atoms. The fourth-order valence-electron chi connectivity index (χ4n) is 2.05. The minimum Gasteiger partial charge on any atom is -0.309 e. The van der Waals surface area contributed by atoms with E-state index in [9.17, 15) is 0 Å². The third-order valence-electron chi connectivity index (χ3n) is 3.33. The van der Waals surface area contributed by atoms with Crippen molar-refractivity contribution in [3.05, 3.63) is 47.0 Å². The summed E-state index contributed by atoms with van der Waals surface area (Å²) in [6.07, 6.45) is 1.10. The smallest absolute Gasteiger partial charge is 0.0406 e. The highest BCUT2D eigenvalue weighted by atomic mass is 35.5. The van der Waals surface area contributed by atoms with Gasteiger partial charge >= 0.3 is 0 Å². The number of nitrogens with zero attached hydrogens (tertiary/aromatic N) is 1. The van der Waals surface area contributed by atoms with Gasteiger partial charge < -0.3 is 4.90 Å². The quantitative estimate of drug-likeness (QED) is 0.680. The van der Waals surface area contributed by atoms with E-state index < -0.39 is 0 Å². The number of hydrogen-bond donors (Lipinski definition) is 0. The maximum absolute atomic E-state index is 5.96. The van der Waals surface area contributed by atoms with Crippen LogP contribution in [-0.4, -0.2) is 25.5 Å². The Balaban J connectivity index is 2.89. The van der Waals surface area contributed by atoms with Gasteiger partial charge in [-0.1, -0.05) is 49.7 Å². The maximum atomic E-state index is 5.96. The van der Waals surface area contributed by atoms with Crippen molar-refractivity contribution in [2.24, 2.45) is 5.92 Å². The molecular formula is C16H24ClN. The van der Waals surface area contributed by atoms with E-state index in [0.29, 0.717) is 11.8 Å². The first-order valence-electron chi connectivity index (χ1n) is 6.50. The van der Waals surface area contributed by atoms with E-state index in [2.05, 4.69) is 51.6 Å². The van der Waals surface area contributed by atoms with Gasteiger partial charge in [0.05, 0.1) is 0 Å². The van der Waals surface area contributed by atoms with Crippen molar-refractivity contribution in [3.63, 3.8) is 0 Å². The van der Waals surface area contributed by atoms with Crippen molar-refractivity contribution >= 4 is 11.6 Å². The second-order valence-electron chi connectivity index (χ2n) is 5.43. The Morgan fingerprint density at radius 3 is 2.22 bits per heavy atom. The summed E-state index contributed by atoms with van der Waals surface area (Å²) >= 11 is 5.96. The zero-order valence-corrected chi connectivity index (χ0v) is 12.7. The first-order valence-corrected chi connectivity index (χ1v) is 6.88. The largest absolute Gasteiger partial charge is 0.309 e. The van der Waals surface area contributed by atoms with Crippen molar-refractivity contribution in [1.82, 2.24) is 4.90 Å². The van der Waals surface area contributed by atoms with Gasteiger partial charge in [0.1, 0.15) is 0 Å². The first-order chi connectivity index (χ1) is 8.41. The van der Waals surface area contributed by atoms with E-state index in [1.807, 2.05) is 12.1 Å². The monoisotopic (exact) mass is 265 g/mol. The zero-order chi connectivity index (χ0) is 13.7. The predicted molar refractivity (Wildman–Crippen MR) is 81.3 cm³/mol. The van der Waals surface area contributed by atoms with Gasteiger partial charge in [0.2, 0.25) is 0 Å². The highest BCUT2D eigenvalue weighted by Crippen LogP contribution is 2.32. The normalized spacial score (nSPS) is 13.1. The molecule has 1 aromatic rings. The third-order valence-corrected chi connectivity index (χ3v) is 3.58. The highest BCUT2D eigenvalue weighted by Gasteiger charge is 2.17. The molecule has 0 aliphatic rings. The van der Waals surface area contributed by atoms with Crippen LogP contribution >= 0.6 is 11.6 Å². The molecule has 2 heteroatoms. The van der Waals surface area contributed by atoms with Gasteiger partial charge in [-0.05, 0) is 50.7 Å². The molecule has 1 atom stereocenters. The van der Waals surface area contributed by atoms with Crippen LogP contribution in [0.15, 0.2) is 36.4 Å². The molecule has 0 saturated heterocycles. The van der Waals surface area contributed by atoms with Crippen molar-refractivity contribution in [2.75, 3.05) is 20.6 Å². The van der Waals surface area contributed by atoms with E-state index in [1.54, 1.807) is 0 Å². The second kappa shape index (κ2) is 6.96. The van der Waals surface area contributed by atoms with Gasteiger partial charge in [0.15, 0.2) is 0 Å². The van der Waals surface area contributed by atoms with Crippen molar-refractivity contribution < 1.29 is 0 Å². The average molecular weight is 266 g/mol. The lowest BCUT2D eigenvalue weighted by molar-refractivity contribution is 0.385. The summed E-state index contributed by atoms with van der Waals surface area (Å²) in [5.74, 6) is 0.928. The van der Waals surface area contributed by atoms with Gasteiger partial charge in [-0.2, -0.15) is 0 Å². The zero-order valence-electron chi connectivity index (χ0n) is 11.9. The lowest BCUT2D eigenvalue weighted by Gasteiger charge is -2.24. The molecule has 0 N–H and O–H groups in total. The molecule has 0 unspecified atom stereocenters. The van der Waals surface area contributed by atoms with Crippen molar-refractivity contribution in [1.29, 1.82) is 0 Å². The molecule has 1 aromatic carbocycles. The predicted octanol–water partition coefficient (Wildman–Crippen LogP) is 4.59. The van der Waals surface area contributed by atoms with Gasteiger partial charge in [-0.25, -0.2) is 0 Å². The summed E-state index contributed by atoms with van der Waals surface area (Å²) in [7, 11) is 4.22. The van der Waals surface area contributed by atoms with E-state index >= 15 is 0 Å². The standard InChI is InChI=1S/C16H24ClN/c1-12(2)13(3)16(10-11-18(4)5)14-6-8-15(17)9-7-14/h6-9,12,16H,3,10-11H2,1-2,4-5H3/t16-/m0/s1. The Labute approximate surface area is 116 Å². The minimum absolute atomic E-state index is 0.421. The van der Waals surface area contributed by atoms with Gasteiger partial charge in [0, 0.05) is 10.9 Å². The van der Waals surface area contributed by atoms with Crippen LogP contribution in [0.25, 0.3) is 0 Å². The fourth-order valence-corrected chi connectivity index (χ4v) is 2.18. The van der Waals surface area contributed by atoms with Crippen LogP contribution in [-0.2, 0) is 0 Å². The fraction of sp³-hybridized carbons (Fsp3) is 0.500. The number of rotatable bonds is 6. The van der Waals surface area contributed by atoms with E-state index in [0.717, 1.165) is 18.0 Å². The van der Waals surface area contributed by atoms with Crippen LogP contribution < -0.4 is 0 Å². The molecule has 0 radical (unpaired) electrons. The molecule has 0 fully saturated rings. The number of hydrogen-bond acceptors (Lipinski definition) is 1. The van der Waals surface area contributed by atoms with E-state index in [1.165, 1.54) is 11.1 Å². The number of allylic oxidation sites excluding steroid dienone is 1. The summed E-state index contributed by atoms with van der Waals surface area (Å²) in [5.41, 5.74) is 2.62. The first kappa shape index (κ1) is 15.3. The Bertz CT molecular complexity index is 379. The molecule has 0 saturated carbocycles. The van der Waals surface area contributed by atoms with Crippen LogP contribution in [0.5, 0.6) is 0 Å². The topological polar surface area (TPSA) is 3.24 Å². The molecule has 0 amide bonds. The van der Waals surface area contributed by atoms with E-state index in [4.69, 9.17) is 11.6 Å². The molecule has 100 valence electrons. The van der Waals surface area contributed by atoms with Crippen LogP contribution in [0.4, 0.5) is 0 Å². The molecule has 0 heterocycles. The average Bonchev–Trinajstić information content (AvgIpc) is 2.30. The molecule has 0 spiro atoms. The van der Waals surface area contributed by atoms with Crippen LogP contribution in [0.2, 0.25) is 5.02 Å². The molecule has 0 aromatic heterocycles. The van der Waals surface area contributed by atoms with Gasteiger partial charge in [-0.3, -0.25) is 0 Å². The summed E-state index contributed by atoms with van der Waals surface area (Å²) < 4.78 is 0. The van der Waals surface area contributed by atoms with Gasteiger partial charge in [-0.15, -0.1) is 0 Å². The Morgan fingerprint density at radius 1 is 1.22 bits per heavy atom. The Hall–Kier alpha value is -0.790. The molecule has 0 bridgehead atoms. The molecule has 1 rings (SSSR count). The highest BCUT2D eigenvalue weighted by molar-refractivity contribution is 6.30. The minimum atomic E-state index is 0.421. The lowest BCUT2D eigenvalue weighted by Crippen LogP contribution is -2.18. The van der Waals surface area contributed by atoms with Crippen LogP contribution in [0.3, 0.4) is 0 Å². The van der Waals surface area contributed by atoms with Gasteiger partial charge in [0.25, 0.3) is 0 Å². The SMILES string of the molecule is C=C(C(C)C)[C@H](CCN(C)C)c1ccc(Cl)cc1. The van der Waals surface area contributed by atoms with Crippen molar-refractivity contribution in [3.8, 4) is 0 Å².